The molecule has 8 nitrogen and oxygen atoms in total. The lowest BCUT2D eigenvalue weighted by atomic mass is 10.1. The summed E-state index contributed by atoms with van der Waals surface area (Å²) in [6.07, 6.45) is 1.98. The molecule has 6 rings (SSSR count). The number of thiazole rings is 1. The molecule has 2 saturated heterocycles. The van der Waals surface area contributed by atoms with E-state index in [2.05, 4.69) is 9.88 Å². The average molecular weight is 488 g/mol. The number of anilines is 1. The molecule has 0 N–H and O–H groups in total. The first-order valence-corrected chi connectivity index (χ1v) is 12.7. The number of aromatic nitrogens is 2. The second kappa shape index (κ2) is 8.90. The van der Waals surface area contributed by atoms with Crippen molar-refractivity contribution in [2.45, 2.75) is 13.0 Å². The molecule has 0 spiro atoms. The molecule has 2 fully saturated rings. The zero-order valence-electron chi connectivity index (χ0n) is 19.2. The first-order valence-electron chi connectivity index (χ1n) is 11.8. The highest BCUT2D eigenvalue weighted by Gasteiger charge is 2.38. The zero-order chi connectivity index (χ0) is 23.9. The van der Waals surface area contributed by atoms with E-state index in [1.807, 2.05) is 52.7 Å². The van der Waals surface area contributed by atoms with Crippen LogP contribution in [0, 0.1) is 5.92 Å². The van der Waals surface area contributed by atoms with Crippen LogP contribution in [-0.4, -0.2) is 63.7 Å². The third-order valence-corrected chi connectivity index (χ3v) is 7.71. The molecule has 2 aliphatic rings. The molecular formula is C26H25N5O3S. The zero-order valence-corrected chi connectivity index (χ0v) is 20.0. The van der Waals surface area contributed by atoms with Crippen molar-refractivity contribution in [2.24, 2.45) is 5.92 Å². The summed E-state index contributed by atoms with van der Waals surface area (Å²) >= 11 is 1.44. The van der Waals surface area contributed by atoms with E-state index in [-0.39, 0.29) is 29.7 Å². The van der Waals surface area contributed by atoms with Gasteiger partial charge in [0.15, 0.2) is 4.96 Å². The van der Waals surface area contributed by atoms with Gasteiger partial charge < -0.3 is 9.80 Å². The molecule has 4 aromatic rings. The van der Waals surface area contributed by atoms with Gasteiger partial charge in [0.05, 0.1) is 17.3 Å². The Labute approximate surface area is 206 Å². The highest BCUT2D eigenvalue weighted by atomic mass is 32.1. The van der Waals surface area contributed by atoms with E-state index >= 15 is 0 Å². The molecule has 0 aliphatic carbocycles. The molecule has 2 aliphatic heterocycles. The smallest absolute Gasteiger partial charge is 0.258 e. The molecular weight excluding hydrogens is 462 g/mol. The van der Waals surface area contributed by atoms with Crippen molar-refractivity contribution < 1.29 is 9.59 Å². The fourth-order valence-corrected chi connectivity index (χ4v) is 5.87. The van der Waals surface area contributed by atoms with Gasteiger partial charge in [0, 0.05) is 68.7 Å². The van der Waals surface area contributed by atoms with Crippen molar-refractivity contribution in [3.05, 3.63) is 76.2 Å². The topological polar surface area (TPSA) is 78.2 Å². The number of hydrogen-bond donors (Lipinski definition) is 0. The lowest BCUT2D eigenvalue weighted by Gasteiger charge is -2.35. The lowest BCUT2D eigenvalue weighted by Crippen LogP contribution is -2.50. The van der Waals surface area contributed by atoms with E-state index in [0.717, 1.165) is 22.2 Å². The Morgan fingerprint density at radius 2 is 1.83 bits per heavy atom. The van der Waals surface area contributed by atoms with Crippen LogP contribution in [-0.2, 0) is 16.1 Å². The monoisotopic (exact) mass is 487 g/mol. The van der Waals surface area contributed by atoms with Crippen molar-refractivity contribution >= 4 is 44.6 Å². The van der Waals surface area contributed by atoms with Gasteiger partial charge in [-0.2, -0.15) is 0 Å². The van der Waals surface area contributed by atoms with E-state index in [4.69, 9.17) is 0 Å². The number of benzene rings is 2. The normalized spacial score (nSPS) is 19.2. The Hall–Kier alpha value is -3.56. The van der Waals surface area contributed by atoms with Crippen LogP contribution in [0.3, 0.4) is 0 Å². The van der Waals surface area contributed by atoms with Gasteiger partial charge in [-0.1, -0.05) is 36.4 Å². The highest BCUT2D eigenvalue weighted by molar-refractivity contribution is 7.15. The summed E-state index contributed by atoms with van der Waals surface area (Å²) in [5.41, 5.74) is 1.56. The van der Waals surface area contributed by atoms with Crippen LogP contribution in [0.5, 0.6) is 0 Å². The van der Waals surface area contributed by atoms with Crippen molar-refractivity contribution in [2.75, 3.05) is 37.6 Å². The summed E-state index contributed by atoms with van der Waals surface area (Å²) in [4.78, 5) is 49.6. The Morgan fingerprint density at radius 1 is 1.03 bits per heavy atom. The third-order valence-electron chi connectivity index (χ3n) is 6.96. The molecule has 0 unspecified atom stereocenters. The molecule has 2 aromatic carbocycles. The first-order chi connectivity index (χ1) is 17.1. The summed E-state index contributed by atoms with van der Waals surface area (Å²) in [6, 6.07) is 15.5. The van der Waals surface area contributed by atoms with Crippen molar-refractivity contribution in [3.8, 4) is 0 Å². The number of hydrogen-bond acceptors (Lipinski definition) is 6. The molecule has 4 heterocycles. The van der Waals surface area contributed by atoms with E-state index < -0.39 is 0 Å². The first kappa shape index (κ1) is 21.9. The fourth-order valence-electron chi connectivity index (χ4n) is 5.13. The molecule has 0 saturated carbocycles. The molecule has 0 bridgehead atoms. The Morgan fingerprint density at radius 3 is 2.69 bits per heavy atom. The largest absolute Gasteiger partial charge is 0.340 e. The number of piperazine rings is 1. The summed E-state index contributed by atoms with van der Waals surface area (Å²) in [6.45, 7) is 3.65. The van der Waals surface area contributed by atoms with Crippen LogP contribution >= 0.6 is 11.3 Å². The second-order valence-corrected chi connectivity index (χ2v) is 10.0. The van der Waals surface area contributed by atoms with Crippen molar-refractivity contribution in [1.82, 2.24) is 19.2 Å². The van der Waals surface area contributed by atoms with Gasteiger partial charge in [-0.05, 0) is 11.5 Å². The van der Waals surface area contributed by atoms with Gasteiger partial charge in [-0.25, -0.2) is 4.98 Å². The van der Waals surface area contributed by atoms with E-state index in [9.17, 15) is 14.4 Å². The van der Waals surface area contributed by atoms with Crippen LogP contribution in [0.15, 0.2) is 64.9 Å². The van der Waals surface area contributed by atoms with Crippen LogP contribution in [0.2, 0.25) is 0 Å². The molecule has 0 radical (unpaired) electrons. The summed E-state index contributed by atoms with van der Waals surface area (Å²) in [5, 5.41) is 3.96. The van der Waals surface area contributed by atoms with Gasteiger partial charge in [-0.3, -0.25) is 23.7 Å². The maximum Gasteiger partial charge on any atom is 0.258 e. The maximum absolute atomic E-state index is 13.3. The van der Waals surface area contributed by atoms with Crippen LogP contribution in [0.25, 0.3) is 15.7 Å². The third kappa shape index (κ3) is 4.11. The quantitative estimate of drug-likeness (QED) is 0.442. The summed E-state index contributed by atoms with van der Waals surface area (Å²) < 4.78 is 1.55. The predicted octanol–water partition coefficient (Wildman–Crippen LogP) is 2.61. The van der Waals surface area contributed by atoms with Gasteiger partial charge in [0.2, 0.25) is 11.8 Å². The van der Waals surface area contributed by atoms with Gasteiger partial charge >= 0.3 is 0 Å². The highest BCUT2D eigenvalue weighted by Crippen LogP contribution is 2.32. The van der Waals surface area contributed by atoms with Crippen molar-refractivity contribution in [3.63, 3.8) is 0 Å². The number of nitrogens with zero attached hydrogens (tertiary/aromatic N) is 5. The standard InChI is InChI=1S/C26H25N5O3S/c32-23-14-19(16-31(23)22-7-3-5-18-4-1-2-6-21(18)22)25(34)29-10-8-28(9-11-29)17-20-15-24(33)30-12-13-35-26(30)27-20/h1-7,12-13,15,19H,8-11,14,16-17H2/t19-/m0/s1. The minimum atomic E-state index is -0.323. The summed E-state index contributed by atoms with van der Waals surface area (Å²) in [7, 11) is 0. The summed E-state index contributed by atoms with van der Waals surface area (Å²) in [5.74, 6) is -0.271. The van der Waals surface area contributed by atoms with Crippen LogP contribution < -0.4 is 10.5 Å². The molecule has 35 heavy (non-hydrogen) atoms. The number of amides is 2. The lowest BCUT2D eigenvalue weighted by molar-refractivity contribution is -0.137. The number of fused-ring (bicyclic) bond motifs is 2. The number of carbonyl (C=O) groups is 2. The predicted molar refractivity (Wildman–Crippen MR) is 136 cm³/mol. The van der Waals surface area contributed by atoms with Gasteiger partial charge in [-0.15, -0.1) is 11.3 Å². The number of carbonyl (C=O) groups excluding carboxylic acids is 2. The van der Waals surface area contributed by atoms with E-state index in [1.54, 1.807) is 21.6 Å². The Balaban J connectivity index is 1.10. The van der Waals surface area contributed by atoms with E-state index in [0.29, 0.717) is 44.2 Å². The minimum Gasteiger partial charge on any atom is -0.340 e. The Kier molecular flexibility index (Phi) is 5.58. The number of rotatable bonds is 4. The van der Waals surface area contributed by atoms with Crippen molar-refractivity contribution in [1.29, 1.82) is 0 Å². The Bertz CT molecular complexity index is 1480. The minimum absolute atomic E-state index is 0.000306. The maximum atomic E-state index is 13.3. The molecule has 1 atom stereocenters. The van der Waals surface area contributed by atoms with Crippen LogP contribution in [0.4, 0.5) is 5.69 Å². The van der Waals surface area contributed by atoms with Gasteiger partial charge in [0.1, 0.15) is 0 Å². The molecule has 2 aromatic heterocycles. The van der Waals surface area contributed by atoms with E-state index in [1.165, 1.54) is 11.3 Å². The fraction of sp³-hybridized carbons (Fsp3) is 0.308. The molecule has 178 valence electrons. The van der Waals surface area contributed by atoms with Gasteiger partial charge in [0.25, 0.3) is 5.56 Å². The molecule has 9 heteroatoms. The SMILES string of the molecule is O=C([C@H]1CC(=O)N(c2cccc3ccccc23)C1)N1CCN(Cc2cc(=O)n3ccsc3n2)CC1. The van der Waals surface area contributed by atoms with Crippen LogP contribution in [0.1, 0.15) is 12.1 Å². The average Bonchev–Trinajstić information content (AvgIpc) is 3.51. The molecule has 2 amide bonds. The second-order valence-electron chi connectivity index (χ2n) is 9.15.